The number of hydrogen-bond donors (Lipinski definition) is 2. The number of carbonyl (C=O) groups is 1. The zero-order valence-electron chi connectivity index (χ0n) is 8.94. The number of nitrogens with two attached hydrogens (primary N) is 1. The van der Waals surface area contributed by atoms with Gasteiger partial charge < -0.3 is 15.6 Å². The van der Waals surface area contributed by atoms with Crippen LogP contribution in [0.3, 0.4) is 0 Å². The van der Waals surface area contributed by atoms with Crippen LogP contribution in [0.4, 0.5) is 0 Å². The van der Waals surface area contributed by atoms with E-state index in [0.717, 1.165) is 5.56 Å². The summed E-state index contributed by atoms with van der Waals surface area (Å²) in [5.74, 6) is -0.528. The number of methoxy groups -OCH3 is 1. The van der Waals surface area contributed by atoms with Crippen LogP contribution in [0.5, 0.6) is 5.75 Å². The first-order chi connectivity index (χ1) is 7.58. The van der Waals surface area contributed by atoms with Gasteiger partial charge in [-0.2, -0.15) is 0 Å². The van der Waals surface area contributed by atoms with Crippen molar-refractivity contribution >= 4 is 17.6 Å². The van der Waals surface area contributed by atoms with E-state index >= 15 is 0 Å². The van der Waals surface area contributed by atoms with E-state index in [1.165, 1.54) is 7.11 Å². The van der Waals surface area contributed by atoms with Crippen LogP contribution in [0.2, 0.25) is 5.02 Å². The molecular weight excluding hydrogens is 230 g/mol. The normalized spacial score (nSPS) is 12.2. The van der Waals surface area contributed by atoms with Crippen LogP contribution in [0.25, 0.3) is 0 Å². The van der Waals surface area contributed by atoms with E-state index in [2.05, 4.69) is 0 Å². The summed E-state index contributed by atoms with van der Waals surface area (Å²) in [6.45, 7) is 0.273. The molecule has 0 saturated heterocycles. The van der Waals surface area contributed by atoms with Crippen LogP contribution in [0.1, 0.15) is 17.9 Å². The van der Waals surface area contributed by atoms with Crippen LogP contribution in [0.15, 0.2) is 18.2 Å². The van der Waals surface area contributed by atoms with Gasteiger partial charge in [-0.15, -0.1) is 0 Å². The third kappa shape index (κ3) is 3.12. The Morgan fingerprint density at radius 3 is 2.75 bits per heavy atom. The van der Waals surface area contributed by atoms with Crippen molar-refractivity contribution in [2.75, 3.05) is 13.7 Å². The smallest absolute Gasteiger partial charge is 0.304 e. The molecule has 0 aromatic heterocycles. The highest BCUT2D eigenvalue weighted by atomic mass is 35.5. The van der Waals surface area contributed by atoms with Crippen molar-refractivity contribution in [3.05, 3.63) is 28.8 Å². The van der Waals surface area contributed by atoms with Crippen LogP contribution in [0, 0.1) is 0 Å². The van der Waals surface area contributed by atoms with E-state index in [-0.39, 0.29) is 18.9 Å². The van der Waals surface area contributed by atoms with Gasteiger partial charge in [-0.1, -0.05) is 17.7 Å². The Labute approximate surface area is 99.0 Å². The molecule has 1 atom stereocenters. The summed E-state index contributed by atoms with van der Waals surface area (Å²) in [7, 11) is 1.53. The van der Waals surface area contributed by atoms with Gasteiger partial charge in [0.15, 0.2) is 0 Å². The lowest BCUT2D eigenvalue weighted by Gasteiger charge is -2.14. The second kappa shape index (κ2) is 5.72. The van der Waals surface area contributed by atoms with E-state index in [4.69, 9.17) is 27.2 Å². The minimum absolute atomic E-state index is 0.000836. The summed E-state index contributed by atoms with van der Waals surface area (Å²) in [6, 6.07) is 5.19. The molecule has 0 radical (unpaired) electrons. The monoisotopic (exact) mass is 243 g/mol. The second-order valence-corrected chi connectivity index (χ2v) is 3.83. The number of hydrogen-bond acceptors (Lipinski definition) is 3. The number of carboxylic acid groups (broad SMARTS) is 1. The highest BCUT2D eigenvalue weighted by Gasteiger charge is 2.15. The quantitative estimate of drug-likeness (QED) is 0.828. The molecule has 1 aromatic carbocycles. The maximum atomic E-state index is 10.6. The highest BCUT2D eigenvalue weighted by Crippen LogP contribution is 2.29. The minimum Gasteiger partial charge on any atom is -0.495 e. The van der Waals surface area contributed by atoms with E-state index in [1.807, 2.05) is 0 Å². The lowest BCUT2D eigenvalue weighted by molar-refractivity contribution is -0.137. The average Bonchev–Trinajstić information content (AvgIpc) is 2.25. The van der Waals surface area contributed by atoms with E-state index < -0.39 is 5.97 Å². The van der Waals surface area contributed by atoms with Crippen molar-refractivity contribution in [2.45, 2.75) is 12.3 Å². The van der Waals surface area contributed by atoms with Gasteiger partial charge in [0, 0.05) is 5.92 Å². The molecule has 0 bridgehead atoms. The molecule has 1 aromatic rings. The third-order valence-electron chi connectivity index (χ3n) is 2.35. The summed E-state index contributed by atoms with van der Waals surface area (Å²) in [5, 5.41) is 9.20. The van der Waals surface area contributed by atoms with Gasteiger partial charge in [-0.25, -0.2) is 0 Å². The molecule has 0 aliphatic carbocycles. The molecule has 0 saturated carbocycles. The average molecular weight is 244 g/mol. The standard InChI is InChI=1S/C11H14ClNO3/c1-16-10-3-2-7(4-9(10)12)8(6-13)5-11(14)15/h2-4,8H,5-6,13H2,1H3,(H,14,15). The largest absolute Gasteiger partial charge is 0.495 e. The zero-order valence-corrected chi connectivity index (χ0v) is 9.70. The maximum Gasteiger partial charge on any atom is 0.304 e. The summed E-state index contributed by atoms with van der Waals surface area (Å²) in [6.07, 6.45) is -0.000836. The Morgan fingerprint density at radius 2 is 2.31 bits per heavy atom. The number of carboxylic acids is 1. The number of rotatable bonds is 5. The molecule has 0 spiro atoms. The number of aliphatic carboxylic acids is 1. The third-order valence-corrected chi connectivity index (χ3v) is 2.65. The Hall–Kier alpha value is -1.26. The summed E-state index contributed by atoms with van der Waals surface area (Å²) in [4.78, 5) is 10.6. The van der Waals surface area contributed by atoms with Crippen LogP contribution < -0.4 is 10.5 Å². The molecule has 0 heterocycles. The topological polar surface area (TPSA) is 72.5 Å². The fourth-order valence-electron chi connectivity index (χ4n) is 1.48. The van der Waals surface area contributed by atoms with Gasteiger partial charge in [0.25, 0.3) is 0 Å². The SMILES string of the molecule is COc1ccc(C(CN)CC(=O)O)cc1Cl. The zero-order chi connectivity index (χ0) is 12.1. The molecule has 0 aliphatic rings. The molecule has 0 aliphatic heterocycles. The molecule has 5 heteroatoms. The van der Waals surface area contributed by atoms with Crippen molar-refractivity contribution in [2.24, 2.45) is 5.73 Å². The Morgan fingerprint density at radius 1 is 1.62 bits per heavy atom. The first-order valence-corrected chi connectivity index (χ1v) is 5.21. The van der Waals surface area contributed by atoms with Crippen molar-refractivity contribution in [1.29, 1.82) is 0 Å². The fourth-order valence-corrected chi connectivity index (χ4v) is 1.75. The first kappa shape index (κ1) is 12.8. The number of halogens is 1. The van der Waals surface area contributed by atoms with Gasteiger partial charge in [0.1, 0.15) is 5.75 Å². The molecular formula is C11H14ClNO3. The van der Waals surface area contributed by atoms with Crippen molar-refractivity contribution in [3.63, 3.8) is 0 Å². The summed E-state index contributed by atoms with van der Waals surface area (Å²) < 4.78 is 5.01. The van der Waals surface area contributed by atoms with Gasteiger partial charge in [-0.05, 0) is 24.2 Å². The fraction of sp³-hybridized carbons (Fsp3) is 0.364. The molecule has 1 rings (SSSR count). The number of ether oxygens (including phenoxy) is 1. The van der Waals surface area contributed by atoms with Crippen LogP contribution in [-0.2, 0) is 4.79 Å². The molecule has 16 heavy (non-hydrogen) atoms. The van der Waals surface area contributed by atoms with Crippen LogP contribution >= 0.6 is 11.6 Å². The second-order valence-electron chi connectivity index (χ2n) is 3.42. The summed E-state index contributed by atoms with van der Waals surface area (Å²) in [5.41, 5.74) is 6.35. The molecule has 4 nitrogen and oxygen atoms in total. The lowest BCUT2D eigenvalue weighted by atomic mass is 9.96. The Bertz CT molecular complexity index is 381. The van der Waals surface area contributed by atoms with Crippen LogP contribution in [-0.4, -0.2) is 24.7 Å². The Kier molecular flexibility index (Phi) is 4.58. The molecule has 1 unspecified atom stereocenters. The molecule has 0 fully saturated rings. The molecule has 88 valence electrons. The van der Waals surface area contributed by atoms with E-state index in [1.54, 1.807) is 18.2 Å². The summed E-state index contributed by atoms with van der Waals surface area (Å²) >= 11 is 5.95. The Balaban J connectivity index is 2.93. The lowest BCUT2D eigenvalue weighted by Crippen LogP contribution is -2.16. The van der Waals surface area contributed by atoms with Gasteiger partial charge in [-0.3, -0.25) is 4.79 Å². The predicted molar refractivity (Wildman–Crippen MR) is 62.1 cm³/mol. The highest BCUT2D eigenvalue weighted by molar-refractivity contribution is 6.32. The van der Waals surface area contributed by atoms with Gasteiger partial charge in [0.2, 0.25) is 0 Å². The van der Waals surface area contributed by atoms with Crippen molar-refractivity contribution in [1.82, 2.24) is 0 Å². The number of benzene rings is 1. The minimum atomic E-state index is -0.873. The van der Waals surface area contributed by atoms with Gasteiger partial charge in [0.05, 0.1) is 18.6 Å². The molecule has 3 N–H and O–H groups in total. The van der Waals surface area contributed by atoms with Crippen molar-refractivity contribution in [3.8, 4) is 5.75 Å². The van der Waals surface area contributed by atoms with Gasteiger partial charge >= 0.3 is 5.97 Å². The van der Waals surface area contributed by atoms with Crippen molar-refractivity contribution < 1.29 is 14.6 Å². The maximum absolute atomic E-state index is 10.6. The predicted octanol–water partition coefficient (Wildman–Crippen LogP) is 1.87. The molecule has 0 amide bonds. The van der Waals surface area contributed by atoms with E-state index in [0.29, 0.717) is 10.8 Å². The van der Waals surface area contributed by atoms with E-state index in [9.17, 15) is 4.79 Å². The first-order valence-electron chi connectivity index (χ1n) is 4.83.